The van der Waals surface area contributed by atoms with Crippen LogP contribution in [0.3, 0.4) is 0 Å². The minimum absolute atomic E-state index is 0.147. The second kappa shape index (κ2) is 16.7. The summed E-state index contributed by atoms with van der Waals surface area (Å²) in [6.45, 7) is 10.7. The van der Waals surface area contributed by atoms with Crippen LogP contribution in [0, 0.1) is 11.8 Å². The van der Waals surface area contributed by atoms with Crippen LogP contribution in [0.15, 0.2) is 67.9 Å². The highest BCUT2D eigenvalue weighted by molar-refractivity contribution is 7.92. The van der Waals surface area contributed by atoms with Crippen molar-refractivity contribution < 1.29 is 40.7 Å². The molecule has 0 saturated heterocycles. The first-order valence-corrected chi connectivity index (χ1v) is 23.7. The van der Waals surface area contributed by atoms with Gasteiger partial charge in [-0.25, -0.2) is 22.0 Å². The molecule has 0 amide bonds. The second-order valence-corrected chi connectivity index (χ2v) is 21.3. The molecule has 8 rings (SSSR count). The number of nitrogens with two attached hydrogens (primary N) is 2. The average molecular weight is 837 g/mol. The zero-order valence-electron chi connectivity index (χ0n) is 34.6. The van der Waals surface area contributed by atoms with E-state index in [1.165, 1.54) is 117 Å². The largest absolute Gasteiger partial charge is 0.453 e. The molecule has 0 aliphatic heterocycles. The summed E-state index contributed by atoms with van der Waals surface area (Å²) in [7, 11) is -7.72. The lowest BCUT2D eigenvalue weighted by Gasteiger charge is -2.19. The first-order chi connectivity index (χ1) is 27.0. The van der Waals surface area contributed by atoms with Gasteiger partial charge in [0.1, 0.15) is 5.75 Å². The standard InChI is InChI=1S/C24H30O5S.C14H19N.C7H11NO4S/c1-15(16-7-8-16)20-10-9-17-5-4-6-21(17)22(20)12-19(25)14-30(27,28)23-11-18(13-29-23)24(2,3)26;1-9(10-5-6-10)12-8-7-11-3-2-4-13(11)14(12)15;1-7(2,9)5-3-6(12-4-5)13(8,10)11/h9-11,13,15-16,26H,4-8,12,14H2,1-3H3;7-10H,2-6,15H2,1H3;3-4,9H,1-2H3,(H2,8,10,11). The van der Waals surface area contributed by atoms with Gasteiger partial charge in [0, 0.05) is 35.4 Å². The number of nitrogen functional groups attached to an aromatic ring is 1. The fourth-order valence-corrected chi connectivity index (χ4v) is 9.97. The Morgan fingerprint density at radius 3 is 1.69 bits per heavy atom. The van der Waals surface area contributed by atoms with Crippen molar-refractivity contribution in [3.63, 3.8) is 0 Å². The van der Waals surface area contributed by atoms with E-state index in [2.05, 4.69) is 42.5 Å². The molecule has 2 saturated carbocycles. The lowest BCUT2D eigenvalue weighted by atomic mass is 9.86. The van der Waals surface area contributed by atoms with Crippen LogP contribution < -0.4 is 10.9 Å². The highest BCUT2D eigenvalue weighted by atomic mass is 32.2. The van der Waals surface area contributed by atoms with Crippen LogP contribution in [0.4, 0.5) is 5.69 Å². The number of aryl methyl sites for hydroxylation is 2. The molecule has 316 valence electrons. The summed E-state index contributed by atoms with van der Waals surface area (Å²) >= 11 is 0. The number of Topliss-reactive ketones (excluding diaryl/α,β-unsaturated/α-hetero) is 1. The van der Waals surface area contributed by atoms with Gasteiger partial charge in [0.05, 0.1) is 23.7 Å². The molecule has 58 heavy (non-hydrogen) atoms. The monoisotopic (exact) mass is 836 g/mol. The topological polar surface area (TPSA) is 204 Å². The highest BCUT2D eigenvalue weighted by Gasteiger charge is 2.34. The van der Waals surface area contributed by atoms with E-state index in [1.807, 2.05) is 0 Å². The Kier molecular flexibility index (Phi) is 12.6. The number of primary sulfonamides is 1. The number of carbonyl (C=O) groups excluding carboxylic acids is 1. The number of ketones is 1. The van der Waals surface area contributed by atoms with Gasteiger partial charge in [-0.05, 0) is 155 Å². The Morgan fingerprint density at radius 2 is 1.21 bits per heavy atom. The summed E-state index contributed by atoms with van der Waals surface area (Å²) in [5.74, 6) is 1.75. The smallest absolute Gasteiger partial charge is 0.271 e. The first-order valence-electron chi connectivity index (χ1n) is 20.5. The maximum atomic E-state index is 12.9. The van der Waals surface area contributed by atoms with Crippen molar-refractivity contribution >= 4 is 31.3 Å². The number of hydrogen-bond acceptors (Lipinski definition) is 10. The Balaban J connectivity index is 0.000000168. The zero-order valence-corrected chi connectivity index (χ0v) is 36.3. The zero-order chi connectivity index (χ0) is 42.4. The van der Waals surface area contributed by atoms with Crippen LogP contribution in [0.2, 0.25) is 0 Å². The average Bonchev–Trinajstić information content (AvgIpc) is 3.83. The van der Waals surface area contributed by atoms with E-state index in [-0.39, 0.29) is 22.4 Å². The molecule has 0 bridgehead atoms. The number of carbonyl (C=O) groups is 1. The third-order valence-corrected chi connectivity index (χ3v) is 14.6. The molecular weight excluding hydrogens is 777 g/mol. The maximum Gasteiger partial charge on any atom is 0.271 e. The molecule has 4 aliphatic carbocycles. The minimum Gasteiger partial charge on any atom is -0.453 e. The third-order valence-electron chi connectivity index (χ3n) is 12.3. The molecule has 2 aromatic carbocycles. The Bertz CT molecular complexity index is 2350. The van der Waals surface area contributed by atoms with Crippen LogP contribution in [-0.2, 0) is 68.0 Å². The van der Waals surface area contributed by atoms with Crippen LogP contribution >= 0.6 is 0 Å². The molecule has 0 spiro atoms. The van der Waals surface area contributed by atoms with Crippen molar-refractivity contribution in [2.24, 2.45) is 17.0 Å². The fourth-order valence-electron chi connectivity index (χ4n) is 8.32. The molecule has 2 unspecified atom stereocenters. The molecule has 2 aromatic heterocycles. The Morgan fingerprint density at radius 1 is 0.741 bits per heavy atom. The summed E-state index contributed by atoms with van der Waals surface area (Å²) in [5, 5.41) is 23.7. The Labute approximate surface area is 343 Å². The number of furan rings is 2. The number of benzene rings is 2. The van der Waals surface area contributed by atoms with Crippen molar-refractivity contribution in [3.05, 3.63) is 99.0 Å². The number of aliphatic hydroxyl groups is 2. The second-order valence-electron chi connectivity index (χ2n) is 17.9. The number of anilines is 1. The van der Waals surface area contributed by atoms with Gasteiger partial charge in [0.2, 0.25) is 20.0 Å². The van der Waals surface area contributed by atoms with Crippen molar-refractivity contribution in [3.8, 4) is 0 Å². The predicted octanol–water partition coefficient (Wildman–Crippen LogP) is 7.52. The number of hydrogen-bond donors (Lipinski definition) is 4. The maximum absolute atomic E-state index is 12.9. The van der Waals surface area contributed by atoms with Crippen molar-refractivity contribution in [1.82, 2.24) is 0 Å². The van der Waals surface area contributed by atoms with E-state index in [1.54, 1.807) is 13.8 Å². The van der Waals surface area contributed by atoms with Gasteiger partial charge < -0.3 is 24.8 Å². The van der Waals surface area contributed by atoms with Crippen molar-refractivity contribution in [2.45, 2.75) is 145 Å². The number of sulfonamides is 1. The quantitative estimate of drug-likeness (QED) is 0.103. The molecule has 2 fully saturated rings. The number of fused-ring (bicyclic) bond motifs is 2. The molecule has 6 N–H and O–H groups in total. The van der Waals surface area contributed by atoms with E-state index >= 15 is 0 Å². The molecular formula is C45H60N2O9S2. The van der Waals surface area contributed by atoms with Crippen LogP contribution in [-0.4, -0.2) is 38.6 Å². The van der Waals surface area contributed by atoms with E-state index in [0.717, 1.165) is 36.4 Å². The summed E-state index contributed by atoms with van der Waals surface area (Å²) < 4.78 is 56.9. The summed E-state index contributed by atoms with van der Waals surface area (Å²) in [4.78, 5) is 12.9. The third kappa shape index (κ3) is 10.3. The normalized spacial score (nSPS) is 17.7. The van der Waals surface area contributed by atoms with E-state index < -0.39 is 36.8 Å². The van der Waals surface area contributed by atoms with Crippen molar-refractivity contribution in [1.29, 1.82) is 0 Å². The van der Waals surface area contributed by atoms with Crippen LogP contribution in [0.1, 0.15) is 142 Å². The van der Waals surface area contributed by atoms with Crippen molar-refractivity contribution in [2.75, 3.05) is 11.5 Å². The highest BCUT2D eigenvalue weighted by Crippen LogP contribution is 2.46. The SMILES string of the molecule is CC(C)(O)c1coc(S(N)(=O)=O)c1.CC(c1ccc2c(c1CC(=O)CS(=O)(=O)c1cc(C(C)(C)O)co1)CCC2)C1CC1.CC(c1ccc2c(c1N)CCC2)C1CC1. The molecule has 4 aromatic rings. The lowest BCUT2D eigenvalue weighted by Crippen LogP contribution is -2.20. The molecule has 4 aliphatic rings. The first kappa shape index (κ1) is 43.8. The number of rotatable bonds is 12. The van der Waals surface area contributed by atoms with Gasteiger partial charge in [-0.15, -0.1) is 0 Å². The summed E-state index contributed by atoms with van der Waals surface area (Å²) in [6, 6.07) is 11.5. The van der Waals surface area contributed by atoms with Gasteiger partial charge in [-0.2, -0.15) is 0 Å². The van der Waals surface area contributed by atoms with Gasteiger partial charge in [0.15, 0.2) is 5.78 Å². The minimum atomic E-state index is -3.90. The summed E-state index contributed by atoms with van der Waals surface area (Å²) in [5.41, 5.74) is 15.0. The molecule has 0 radical (unpaired) electrons. The van der Waals surface area contributed by atoms with E-state index in [0.29, 0.717) is 28.9 Å². The summed E-state index contributed by atoms with van der Waals surface area (Å²) in [6.07, 6.45) is 14.6. The molecule has 13 heteroatoms. The molecule has 2 atom stereocenters. The lowest BCUT2D eigenvalue weighted by molar-refractivity contribution is -0.116. The number of sulfone groups is 1. The van der Waals surface area contributed by atoms with Gasteiger partial charge >= 0.3 is 0 Å². The molecule has 2 heterocycles. The van der Waals surface area contributed by atoms with Crippen LogP contribution in [0.25, 0.3) is 0 Å². The Hall–Kier alpha value is -3.75. The predicted molar refractivity (Wildman–Crippen MR) is 224 cm³/mol. The van der Waals surface area contributed by atoms with Gasteiger partial charge in [-0.3, -0.25) is 4.79 Å². The van der Waals surface area contributed by atoms with Gasteiger partial charge in [-0.1, -0.05) is 38.1 Å². The van der Waals surface area contributed by atoms with E-state index in [4.69, 9.17) is 15.3 Å². The molecule has 11 nitrogen and oxygen atoms in total. The van der Waals surface area contributed by atoms with Gasteiger partial charge in [0.25, 0.3) is 10.0 Å². The fraction of sp³-hybridized carbons (Fsp3) is 0.533. The van der Waals surface area contributed by atoms with Crippen LogP contribution in [0.5, 0.6) is 0 Å². The van der Waals surface area contributed by atoms with E-state index in [9.17, 15) is 31.8 Å².